The van der Waals surface area contributed by atoms with Gasteiger partial charge in [-0.25, -0.2) is 0 Å². The van der Waals surface area contributed by atoms with Gasteiger partial charge in [0.05, 0.1) is 8.66 Å². The predicted molar refractivity (Wildman–Crippen MR) is 89.9 cm³/mol. The van der Waals surface area contributed by atoms with Gasteiger partial charge in [-0.15, -0.1) is 23.1 Å². The highest BCUT2D eigenvalue weighted by atomic mass is 79.9. The minimum atomic E-state index is -0.335. The molecule has 0 saturated heterocycles. The van der Waals surface area contributed by atoms with Gasteiger partial charge in [0.25, 0.3) is 11.8 Å². The Morgan fingerprint density at radius 1 is 1.14 bits per heavy atom. The summed E-state index contributed by atoms with van der Waals surface area (Å²) in [5.74, 6) is -0.662. The Balaban J connectivity index is 2.03. The Morgan fingerprint density at radius 2 is 1.86 bits per heavy atom. The molecule has 2 rings (SSSR count). The quantitative estimate of drug-likeness (QED) is 0.627. The second kappa shape index (κ2) is 7.11. The number of hydrazine groups is 1. The average molecular weight is 385 g/mol. The summed E-state index contributed by atoms with van der Waals surface area (Å²) in [5.41, 5.74) is 6.27. The van der Waals surface area contributed by atoms with E-state index < -0.39 is 0 Å². The van der Waals surface area contributed by atoms with Crippen molar-refractivity contribution in [1.82, 2.24) is 10.9 Å². The molecule has 0 aliphatic heterocycles. The van der Waals surface area contributed by atoms with E-state index in [-0.39, 0.29) is 11.8 Å². The number of carbonyl (C=O) groups is 2. The lowest BCUT2D eigenvalue weighted by atomic mass is 10.1. The largest absolute Gasteiger partial charge is 0.279 e. The molecule has 0 atom stereocenters. The van der Waals surface area contributed by atoms with Crippen molar-refractivity contribution in [3.8, 4) is 0 Å². The van der Waals surface area contributed by atoms with Gasteiger partial charge in [-0.1, -0.05) is 6.07 Å². The zero-order valence-electron chi connectivity index (χ0n) is 11.4. The van der Waals surface area contributed by atoms with Crippen LogP contribution in [0.3, 0.4) is 0 Å². The SMILES string of the molecule is CSc1ccc(C)c(C(=O)NNC(=O)c2ccc(Br)s2)c1. The molecule has 2 N–H and O–H groups in total. The number of amides is 2. The fourth-order valence-electron chi connectivity index (χ4n) is 1.65. The lowest BCUT2D eigenvalue weighted by Gasteiger charge is -2.09. The summed E-state index contributed by atoms with van der Waals surface area (Å²) < 4.78 is 0.863. The van der Waals surface area contributed by atoms with Crippen molar-refractivity contribution < 1.29 is 9.59 Å². The first-order valence-corrected chi connectivity index (χ1v) is 8.85. The van der Waals surface area contributed by atoms with Gasteiger partial charge < -0.3 is 0 Å². The molecule has 0 unspecified atom stereocenters. The highest BCUT2D eigenvalue weighted by molar-refractivity contribution is 9.11. The predicted octanol–water partition coefficient (Wildman–Crippen LogP) is 3.62. The van der Waals surface area contributed by atoms with Gasteiger partial charge in [-0.05, 0) is 58.9 Å². The number of hydrogen-bond acceptors (Lipinski definition) is 4. The maximum absolute atomic E-state index is 12.1. The van der Waals surface area contributed by atoms with E-state index in [4.69, 9.17) is 0 Å². The van der Waals surface area contributed by atoms with Crippen LogP contribution in [-0.2, 0) is 0 Å². The molecule has 0 radical (unpaired) electrons. The van der Waals surface area contributed by atoms with E-state index in [0.29, 0.717) is 10.4 Å². The summed E-state index contributed by atoms with van der Waals surface area (Å²) in [7, 11) is 0. The first-order chi connectivity index (χ1) is 10.0. The fourth-order valence-corrected chi connectivity index (χ4v) is 3.37. The first kappa shape index (κ1) is 16.1. The minimum absolute atomic E-state index is 0.327. The molecule has 0 aliphatic carbocycles. The molecule has 2 aromatic rings. The lowest BCUT2D eigenvalue weighted by Crippen LogP contribution is -2.41. The van der Waals surface area contributed by atoms with Crippen LogP contribution < -0.4 is 10.9 Å². The Labute approximate surface area is 139 Å². The molecular weight excluding hydrogens is 372 g/mol. The van der Waals surface area contributed by atoms with Crippen LogP contribution in [-0.4, -0.2) is 18.1 Å². The van der Waals surface area contributed by atoms with E-state index in [1.54, 1.807) is 23.9 Å². The van der Waals surface area contributed by atoms with Crippen LogP contribution in [0.25, 0.3) is 0 Å². The molecule has 7 heteroatoms. The molecule has 1 heterocycles. The molecular formula is C14H13BrN2O2S2. The summed E-state index contributed by atoms with van der Waals surface area (Å²) in [6.07, 6.45) is 1.95. The van der Waals surface area contributed by atoms with Gasteiger partial charge in [0, 0.05) is 10.5 Å². The number of benzene rings is 1. The molecule has 1 aromatic carbocycles. The summed E-state index contributed by atoms with van der Waals surface area (Å²) in [6, 6.07) is 9.13. The van der Waals surface area contributed by atoms with Crippen LogP contribution in [0, 0.1) is 6.92 Å². The Kier molecular flexibility index (Phi) is 5.44. The number of rotatable bonds is 3. The normalized spacial score (nSPS) is 10.2. The third-order valence-electron chi connectivity index (χ3n) is 2.78. The van der Waals surface area contributed by atoms with Crippen molar-refractivity contribution in [3.05, 3.63) is 50.1 Å². The van der Waals surface area contributed by atoms with E-state index in [9.17, 15) is 9.59 Å². The molecule has 21 heavy (non-hydrogen) atoms. The number of thiophene rings is 1. The molecule has 0 bridgehead atoms. The van der Waals surface area contributed by atoms with Crippen molar-refractivity contribution in [2.24, 2.45) is 0 Å². The van der Waals surface area contributed by atoms with E-state index in [0.717, 1.165) is 14.2 Å². The average Bonchev–Trinajstić information content (AvgIpc) is 2.91. The van der Waals surface area contributed by atoms with Gasteiger partial charge in [0.1, 0.15) is 0 Å². The molecule has 0 aliphatic rings. The highest BCUT2D eigenvalue weighted by Gasteiger charge is 2.13. The summed E-state index contributed by atoms with van der Waals surface area (Å²) >= 11 is 6.16. The van der Waals surface area contributed by atoms with Crippen LogP contribution in [0.1, 0.15) is 25.6 Å². The lowest BCUT2D eigenvalue weighted by molar-refractivity contribution is 0.0848. The van der Waals surface area contributed by atoms with Crippen molar-refractivity contribution in [1.29, 1.82) is 0 Å². The Hall–Kier alpha value is -1.31. The standard InChI is InChI=1S/C14H13BrN2O2S2/c1-8-3-4-9(20-2)7-10(8)13(18)16-17-14(19)11-5-6-12(15)21-11/h3-7H,1-2H3,(H,16,18)(H,17,19). The number of nitrogens with one attached hydrogen (secondary N) is 2. The van der Waals surface area contributed by atoms with E-state index >= 15 is 0 Å². The fraction of sp³-hybridized carbons (Fsp3) is 0.143. The topological polar surface area (TPSA) is 58.2 Å². The third-order valence-corrected chi connectivity index (χ3v) is 5.12. The monoisotopic (exact) mass is 384 g/mol. The maximum Gasteiger partial charge on any atom is 0.279 e. The number of thioether (sulfide) groups is 1. The molecule has 0 saturated carbocycles. The second-order valence-electron chi connectivity index (χ2n) is 4.19. The Morgan fingerprint density at radius 3 is 2.48 bits per heavy atom. The molecule has 1 aromatic heterocycles. The molecule has 0 spiro atoms. The molecule has 110 valence electrons. The van der Waals surface area contributed by atoms with Gasteiger partial charge in [0.2, 0.25) is 0 Å². The number of aryl methyl sites for hydroxylation is 1. The smallest absolute Gasteiger partial charge is 0.267 e. The number of carbonyl (C=O) groups excluding carboxylic acids is 2. The molecule has 4 nitrogen and oxygen atoms in total. The van der Waals surface area contributed by atoms with Crippen LogP contribution in [0.2, 0.25) is 0 Å². The van der Waals surface area contributed by atoms with Crippen LogP contribution in [0.15, 0.2) is 39.0 Å². The summed E-state index contributed by atoms with van der Waals surface area (Å²) in [6.45, 7) is 1.86. The zero-order valence-corrected chi connectivity index (χ0v) is 14.6. The van der Waals surface area contributed by atoms with Crippen molar-refractivity contribution in [3.63, 3.8) is 0 Å². The zero-order chi connectivity index (χ0) is 15.4. The minimum Gasteiger partial charge on any atom is -0.267 e. The van der Waals surface area contributed by atoms with E-state index in [2.05, 4.69) is 26.8 Å². The van der Waals surface area contributed by atoms with Crippen molar-refractivity contribution in [2.75, 3.05) is 6.26 Å². The van der Waals surface area contributed by atoms with E-state index in [1.165, 1.54) is 11.3 Å². The van der Waals surface area contributed by atoms with Gasteiger partial charge >= 0.3 is 0 Å². The van der Waals surface area contributed by atoms with Crippen LogP contribution >= 0.6 is 39.0 Å². The van der Waals surface area contributed by atoms with Gasteiger partial charge in [-0.2, -0.15) is 0 Å². The molecule has 2 amide bonds. The summed E-state index contributed by atoms with van der Waals surface area (Å²) in [5, 5.41) is 0. The van der Waals surface area contributed by atoms with Crippen molar-refractivity contribution >= 4 is 50.8 Å². The number of hydrogen-bond donors (Lipinski definition) is 2. The second-order valence-corrected chi connectivity index (χ2v) is 7.54. The van der Waals surface area contributed by atoms with E-state index in [1.807, 2.05) is 31.4 Å². The van der Waals surface area contributed by atoms with Crippen molar-refractivity contribution in [2.45, 2.75) is 11.8 Å². The summed E-state index contributed by atoms with van der Waals surface area (Å²) in [4.78, 5) is 25.5. The van der Waals surface area contributed by atoms with Crippen LogP contribution in [0.4, 0.5) is 0 Å². The highest BCUT2D eigenvalue weighted by Crippen LogP contribution is 2.22. The third kappa shape index (κ3) is 4.09. The Bertz CT molecular complexity index is 685. The first-order valence-electron chi connectivity index (χ1n) is 6.02. The van der Waals surface area contributed by atoms with Crippen LogP contribution in [0.5, 0.6) is 0 Å². The van der Waals surface area contributed by atoms with Gasteiger partial charge in [-0.3, -0.25) is 20.4 Å². The number of halogens is 1. The van der Waals surface area contributed by atoms with Gasteiger partial charge in [0.15, 0.2) is 0 Å². The maximum atomic E-state index is 12.1. The molecule has 0 fully saturated rings.